The van der Waals surface area contributed by atoms with Crippen LogP contribution < -0.4 is 5.32 Å². The molecule has 3 heterocycles. The Balaban J connectivity index is 1.77. The molecule has 1 aromatic rings. The molecule has 0 aromatic carbocycles. The Morgan fingerprint density at radius 1 is 1.43 bits per heavy atom. The Morgan fingerprint density at radius 3 is 2.87 bits per heavy atom. The SMILES string of the molecule is Cc1ccc2c(n1)NC1(CC2)CC(C)N(C(=O)OC(C)(C)C)C1. The number of hydrogen-bond acceptors (Lipinski definition) is 4. The summed E-state index contributed by atoms with van der Waals surface area (Å²) in [4.78, 5) is 19.0. The quantitative estimate of drug-likeness (QED) is 0.795. The molecule has 126 valence electrons. The Labute approximate surface area is 138 Å². The van der Waals surface area contributed by atoms with Crippen molar-refractivity contribution in [2.24, 2.45) is 0 Å². The molecule has 2 unspecified atom stereocenters. The molecule has 1 fully saturated rings. The second-order valence-corrected chi connectivity index (χ2v) is 8.03. The molecule has 1 aromatic heterocycles. The van der Waals surface area contributed by atoms with E-state index in [1.807, 2.05) is 32.6 Å². The van der Waals surface area contributed by atoms with Crippen LogP contribution >= 0.6 is 0 Å². The van der Waals surface area contributed by atoms with Crippen LogP contribution in [0.15, 0.2) is 12.1 Å². The van der Waals surface area contributed by atoms with Crippen LogP contribution in [0.1, 0.15) is 51.8 Å². The highest BCUT2D eigenvalue weighted by molar-refractivity contribution is 5.69. The number of anilines is 1. The van der Waals surface area contributed by atoms with Gasteiger partial charge in [0.2, 0.25) is 0 Å². The molecule has 0 radical (unpaired) electrons. The number of aromatic nitrogens is 1. The maximum atomic E-state index is 12.5. The predicted molar refractivity (Wildman–Crippen MR) is 90.7 cm³/mol. The van der Waals surface area contributed by atoms with Gasteiger partial charge in [0, 0.05) is 18.3 Å². The summed E-state index contributed by atoms with van der Waals surface area (Å²) in [6.07, 6.45) is 2.74. The highest BCUT2D eigenvalue weighted by atomic mass is 16.6. The van der Waals surface area contributed by atoms with Gasteiger partial charge in [-0.15, -0.1) is 0 Å². The van der Waals surface area contributed by atoms with Gasteiger partial charge in [-0.25, -0.2) is 9.78 Å². The first kappa shape index (κ1) is 16.1. The number of likely N-dealkylation sites (tertiary alicyclic amines) is 1. The first-order valence-electron chi connectivity index (χ1n) is 8.42. The number of rotatable bonds is 0. The Kier molecular flexibility index (Phi) is 3.77. The Bertz CT molecular complexity index is 623. The van der Waals surface area contributed by atoms with E-state index in [2.05, 4.69) is 29.4 Å². The standard InChI is InChI=1S/C18H27N3O2/c1-12-6-7-14-8-9-18(20-15(14)19-12)10-13(2)21(11-18)16(22)23-17(3,4)5/h6-7,13H,8-11H2,1-5H3,(H,19,20). The van der Waals surface area contributed by atoms with Crippen molar-refractivity contribution in [3.05, 3.63) is 23.4 Å². The van der Waals surface area contributed by atoms with E-state index in [-0.39, 0.29) is 17.7 Å². The highest BCUT2D eigenvalue weighted by Gasteiger charge is 2.47. The summed E-state index contributed by atoms with van der Waals surface area (Å²) in [7, 11) is 0. The normalized spacial score (nSPS) is 26.8. The lowest BCUT2D eigenvalue weighted by Crippen LogP contribution is -2.46. The van der Waals surface area contributed by atoms with Crippen LogP contribution in [0.4, 0.5) is 10.6 Å². The summed E-state index contributed by atoms with van der Waals surface area (Å²) in [5.41, 5.74) is 1.75. The second kappa shape index (κ2) is 5.39. The molecular weight excluding hydrogens is 290 g/mol. The van der Waals surface area contributed by atoms with Crippen LogP contribution in [-0.4, -0.2) is 39.7 Å². The van der Waals surface area contributed by atoms with Crippen molar-refractivity contribution >= 4 is 11.9 Å². The van der Waals surface area contributed by atoms with E-state index in [0.29, 0.717) is 6.54 Å². The van der Waals surface area contributed by atoms with Crippen molar-refractivity contribution in [1.29, 1.82) is 0 Å². The van der Waals surface area contributed by atoms with Gasteiger partial charge >= 0.3 is 6.09 Å². The molecule has 0 bridgehead atoms. The highest BCUT2D eigenvalue weighted by Crippen LogP contribution is 2.39. The molecular formula is C18H27N3O2. The van der Waals surface area contributed by atoms with Gasteiger partial charge in [-0.3, -0.25) is 0 Å². The fourth-order valence-electron chi connectivity index (χ4n) is 3.64. The molecule has 1 spiro atoms. The number of carbonyl (C=O) groups excluding carboxylic acids is 1. The summed E-state index contributed by atoms with van der Waals surface area (Å²) >= 11 is 0. The van der Waals surface area contributed by atoms with Crippen molar-refractivity contribution in [2.45, 2.75) is 71.1 Å². The average Bonchev–Trinajstić information content (AvgIpc) is 2.73. The molecule has 5 heteroatoms. The number of amides is 1. The van der Waals surface area contributed by atoms with E-state index in [1.165, 1.54) is 5.56 Å². The summed E-state index contributed by atoms with van der Waals surface area (Å²) in [6.45, 7) is 10.5. The minimum atomic E-state index is -0.460. The number of nitrogens with one attached hydrogen (secondary N) is 1. The van der Waals surface area contributed by atoms with E-state index in [0.717, 1.165) is 30.8 Å². The zero-order valence-electron chi connectivity index (χ0n) is 14.8. The first-order chi connectivity index (χ1) is 10.7. The average molecular weight is 317 g/mol. The largest absolute Gasteiger partial charge is 0.444 e. The van der Waals surface area contributed by atoms with Gasteiger partial charge in [-0.1, -0.05) is 6.07 Å². The van der Waals surface area contributed by atoms with E-state index in [9.17, 15) is 4.79 Å². The Morgan fingerprint density at radius 2 is 2.17 bits per heavy atom. The fourth-order valence-corrected chi connectivity index (χ4v) is 3.64. The van der Waals surface area contributed by atoms with Gasteiger partial charge in [-0.05, 0) is 65.5 Å². The monoisotopic (exact) mass is 317 g/mol. The van der Waals surface area contributed by atoms with Gasteiger partial charge in [0.05, 0.1) is 5.54 Å². The van der Waals surface area contributed by atoms with E-state index in [1.54, 1.807) is 0 Å². The maximum absolute atomic E-state index is 12.5. The number of aryl methyl sites for hydroxylation is 2. The van der Waals surface area contributed by atoms with Crippen molar-refractivity contribution in [1.82, 2.24) is 9.88 Å². The molecule has 1 amide bonds. The van der Waals surface area contributed by atoms with Crippen molar-refractivity contribution in [3.63, 3.8) is 0 Å². The van der Waals surface area contributed by atoms with Gasteiger partial charge in [0.25, 0.3) is 0 Å². The number of carbonyl (C=O) groups is 1. The van der Waals surface area contributed by atoms with Crippen LogP contribution in [0.25, 0.3) is 0 Å². The van der Waals surface area contributed by atoms with Crippen molar-refractivity contribution < 1.29 is 9.53 Å². The lowest BCUT2D eigenvalue weighted by atomic mass is 9.85. The lowest BCUT2D eigenvalue weighted by Gasteiger charge is -2.36. The van der Waals surface area contributed by atoms with Crippen LogP contribution in [0.2, 0.25) is 0 Å². The topological polar surface area (TPSA) is 54.5 Å². The first-order valence-corrected chi connectivity index (χ1v) is 8.42. The van der Waals surface area contributed by atoms with Crippen LogP contribution in [0.5, 0.6) is 0 Å². The molecule has 2 atom stereocenters. The number of nitrogens with zero attached hydrogens (tertiary/aromatic N) is 2. The third-order valence-corrected chi connectivity index (χ3v) is 4.69. The smallest absolute Gasteiger partial charge is 0.410 e. The summed E-state index contributed by atoms with van der Waals surface area (Å²) in [5, 5.41) is 3.63. The van der Waals surface area contributed by atoms with Gasteiger partial charge < -0.3 is 15.0 Å². The molecule has 1 saturated heterocycles. The number of ether oxygens (including phenoxy) is 1. The summed E-state index contributed by atoms with van der Waals surface area (Å²) in [5.74, 6) is 0.981. The zero-order valence-corrected chi connectivity index (χ0v) is 14.8. The van der Waals surface area contributed by atoms with Crippen molar-refractivity contribution in [3.8, 4) is 0 Å². The summed E-state index contributed by atoms with van der Waals surface area (Å²) < 4.78 is 5.56. The molecule has 0 saturated carbocycles. The number of hydrogen-bond donors (Lipinski definition) is 1. The molecule has 3 rings (SSSR count). The molecule has 0 aliphatic carbocycles. The summed E-state index contributed by atoms with van der Waals surface area (Å²) in [6, 6.07) is 4.38. The van der Waals surface area contributed by atoms with Gasteiger partial charge in [0.1, 0.15) is 11.4 Å². The molecule has 23 heavy (non-hydrogen) atoms. The molecule has 2 aliphatic rings. The minimum absolute atomic E-state index is 0.0793. The van der Waals surface area contributed by atoms with Gasteiger partial charge in [0.15, 0.2) is 0 Å². The van der Waals surface area contributed by atoms with Crippen LogP contribution in [-0.2, 0) is 11.2 Å². The molecule has 5 nitrogen and oxygen atoms in total. The van der Waals surface area contributed by atoms with Gasteiger partial charge in [-0.2, -0.15) is 0 Å². The molecule has 1 N–H and O–H groups in total. The maximum Gasteiger partial charge on any atom is 0.410 e. The van der Waals surface area contributed by atoms with E-state index < -0.39 is 5.60 Å². The predicted octanol–water partition coefficient (Wildman–Crippen LogP) is 3.52. The van der Waals surface area contributed by atoms with Crippen LogP contribution in [0.3, 0.4) is 0 Å². The number of fused-ring (bicyclic) bond motifs is 1. The Hall–Kier alpha value is -1.78. The second-order valence-electron chi connectivity index (χ2n) is 8.03. The minimum Gasteiger partial charge on any atom is -0.444 e. The fraction of sp³-hybridized carbons (Fsp3) is 0.667. The van der Waals surface area contributed by atoms with E-state index >= 15 is 0 Å². The number of pyridine rings is 1. The van der Waals surface area contributed by atoms with E-state index in [4.69, 9.17) is 4.74 Å². The third kappa shape index (κ3) is 3.28. The van der Waals surface area contributed by atoms with Crippen molar-refractivity contribution in [2.75, 3.05) is 11.9 Å². The third-order valence-electron chi connectivity index (χ3n) is 4.69. The van der Waals surface area contributed by atoms with Crippen LogP contribution in [0, 0.1) is 6.92 Å². The lowest BCUT2D eigenvalue weighted by molar-refractivity contribution is 0.0231. The molecule has 2 aliphatic heterocycles. The zero-order chi connectivity index (χ0) is 16.8.